The van der Waals surface area contributed by atoms with Crippen molar-refractivity contribution >= 4 is 33.8 Å². The monoisotopic (exact) mass is 462 g/mol. The van der Waals surface area contributed by atoms with Crippen molar-refractivity contribution in [2.24, 2.45) is 7.05 Å². The molecular formula is C21H24F2N6O2S. The van der Waals surface area contributed by atoms with Crippen LogP contribution in [0.25, 0.3) is 10.6 Å². The molecule has 1 fully saturated rings. The topological polar surface area (TPSA) is 109 Å². The van der Waals surface area contributed by atoms with E-state index in [9.17, 15) is 18.7 Å². The van der Waals surface area contributed by atoms with Gasteiger partial charge in [-0.3, -0.25) is 9.48 Å². The molecule has 0 spiro atoms. The lowest BCUT2D eigenvalue weighted by atomic mass is 10.0. The molecule has 1 aliphatic heterocycles. The molecule has 1 atom stereocenters. The predicted octanol–water partition coefficient (Wildman–Crippen LogP) is 3.40. The van der Waals surface area contributed by atoms with Crippen LogP contribution in [0.4, 0.5) is 25.3 Å². The van der Waals surface area contributed by atoms with E-state index in [1.807, 2.05) is 4.90 Å². The van der Waals surface area contributed by atoms with Gasteiger partial charge in [0.05, 0.1) is 17.4 Å². The van der Waals surface area contributed by atoms with Crippen molar-refractivity contribution in [3.8, 4) is 10.6 Å². The van der Waals surface area contributed by atoms with E-state index in [2.05, 4.69) is 15.4 Å². The maximum Gasteiger partial charge on any atom is 0.277 e. The number of aromatic nitrogens is 3. The number of nitrogens with one attached hydrogen (secondary N) is 1. The summed E-state index contributed by atoms with van der Waals surface area (Å²) in [5, 5.41) is 17.6. The van der Waals surface area contributed by atoms with E-state index in [0.29, 0.717) is 31.0 Å². The van der Waals surface area contributed by atoms with Crippen molar-refractivity contribution in [3.63, 3.8) is 0 Å². The van der Waals surface area contributed by atoms with Gasteiger partial charge in [0.2, 0.25) is 0 Å². The minimum atomic E-state index is -0.861. The molecule has 1 unspecified atom stereocenters. The summed E-state index contributed by atoms with van der Waals surface area (Å²) in [5.74, 6) is -1.53. The van der Waals surface area contributed by atoms with E-state index in [-0.39, 0.29) is 21.3 Å². The van der Waals surface area contributed by atoms with Gasteiger partial charge in [0, 0.05) is 20.1 Å². The quantitative estimate of drug-likeness (QED) is 0.548. The molecule has 0 bridgehead atoms. The first kappa shape index (κ1) is 22.2. The first-order valence-corrected chi connectivity index (χ1v) is 11.0. The summed E-state index contributed by atoms with van der Waals surface area (Å²) in [6.07, 6.45) is 3.99. The molecule has 170 valence electrons. The van der Waals surface area contributed by atoms with Gasteiger partial charge < -0.3 is 21.1 Å². The summed E-state index contributed by atoms with van der Waals surface area (Å²) in [4.78, 5) is 19.0. The average Bonchev–Trinajstić information content (AvgIpc) is 3.20. The highest BCUT2D eigenvalue weighted by Gasteiger charge is 2.30. The third kappa shape index (κ3) is 4.30. The van der Waals surface area contributed by atoms with Gasteiger partial charge in [0.1, 0.15) is 27.3 Å². The summed E-state index contributed by atoms with van der Waals surface area (Å²) in [5.41, 5.74) is 5.09. The van der Waals surface area contributed by atoms with Crippen LogP contribution in [0, 0.1) is 11.6 Å². The Morgan fingerprint density at radius 2 is 2.03 bits per heavy atom. The van der Waals surface area contributed by atoms with Crippen LogP contribution in [0.2, 0.25) is 0 Å². The number of halogens is 2. The zero-order valence-electron chi connectivity index (χ0n) is 17.7. The van der Waals surface area contributed by atoms with Gasteiger partial charge in [-0.25, -0.2) is 13.8 Å². The highest BCUT2D eigenvalue weighted by Crippen LogP contribution is 2.35. The van der Waals surface area contributed by atoms with Crippen molar-refractivity contribution in [1.82, 2.24) is 14.8 Å². The van der Waals surface area contributed by atoms with Gasteiger partial charge in [0.15, 0.2) is 11.5 Å². The van der Waals surface area contributed by atoms with Crippen LogP contribution >= 0.6 is 11.3 Å². The van der Waals surface area contributed by atoms with E-state index in [1.54, 1.807) is 18.7 Å². The molecule has 0 saturated carbocycles. The number of amides is 1. The van der Waals surface area contributed by atoms with Crippen molar-refractivity contribution in [2.75, 3.05) is 29.0 Å². The molecule has 32 heavy (non-hydrogen) atoms. The fourth-order valence-electron chi connectivity index (χ4n) is 3.94. The Morgan fingerprint density at radius 1 is 1.31 bits per heavy atom. The van der Waals surface area contributed by atoms with Crippen LogP contribution < -0.4 is 16.0 Å². The van der Waals surface area contributed by atoms with Crippen molar-refractivity contribution < 1.29 is 18.7 Å². The van der Waals surface area contributed by atoms with E-state index < -0.39 is 23.1 Å². The average molecular weight is 463 g/mol. The Bertz CT molecular complexity index is 1140. The molecule has 3 aromatic rings. The Balaban J connectivity index is 1.62. The standard InChI is InChI=1S/C21H24F2N6O2S/c1-21(31)8-3-4-9-29(11-21)20-14(10-25-28(20)2)26-18(30)16-17(24)32-19(27-16)15-12(22)6-5-7-13(15)23/h5-7,10,31H,3-4,8-9,11,24H2,1-2H3,(H,26,30). The second-order valence-corrected chi connectivity index (χ2v) is 9.19. The number of anilines is 3. The van der Waals surface area contributed by atoms with E-state index in [4.69, 9.17) is 5.73 Å². The van der Waals surface area contributed by atoms with E-state index in [1.165, 1.54) is 12.3 Å². The van der Waals surface area contributed by atoms with Gasteiger partial charge in [0.25, 0.3) is 5.91 Å². The van der Waals surface area contributed by atoms with Crippen LogP contribution in [-0.4, -0.2) is 44.5 Å². The second-order valence-electron chi connectivity index (χ2n) is 8.16. The smallest absolute Gasteiger partial charge is 0.277 e. The SMILES string of the molecule is Cn1ncc(NC(=O)c2nc(-c3c(F)cccc3F)sc2N)c1N1CCCCC(C)(O)C1. The van der Waals surface area contributed by atoms with Crippen LogP contribution in [0.5, 0.6) is 0 Å². The maximum atomic E-state index is 14.1. The lowest BCUT2D eigenvalue weighted by molar-refractivity contribution is 0.0611. The lowest BCUT2D eigenvalue weighted by Crippen LogP contribution is -2.40. The van der Waals surface area contributed by atoms with Crippen molar-refractivity contribution in [3.05, 3.63) is 41.7 Å². The van der Waals surface area contributed by atoms with E-state index >= 15 is 0 Å². The fraction of sp³-hybridized carbons (Fsp3) is 0.381. The largest absolute Gasteiger partial charge is 0.389 e. The molecule has 8 nitrogen and oxygen atoms in total. The molecule has 0 aliphatic carbocycles. The Morgan fingerprint density at radius 3 is 2.75 bits per heavy atom. The number of aliphatic hydroxyl groups is 1. The summed E-state index contributed by atoms with van der Waals surface area (Å²) in [6, 6.07) is 3.49. The number of hydrogen-bond acceptors (Lipinski definition) is 7. The van der Waals surface area contributed by atoms with Gasteiger partial charge in [-0.1, -0.05) is 17.4 Å². The summed E-state index contributed by atoms with van der Waals surface area (Å²) in [6.45, 7) is 2.89. The Kier molecular flexibility index (Phi) is 5.87. The molecule has 2 aromatic heterocycles. The molecule has 11 heteroatoms. The van der Waals surface area contributed by atoms with Crippen LogP contribution in [-0.2, 0) is 7.05 Å². The number of aryl methyl sites for hydroxylation is 1. The first-order chi connectivity index (χ1) is 15.2. The number of carbonyl (C=O) groups is 1. The van der Waals surface area contributed by atoms with Crippen LogP contribution in [0.1, 0.15) is 36.7 Å². The minimum Gasteiger partial charge on any atom is -0.389 e. The third-order valence-corrected chi connectivity index (χ3v) is 6.33. The highest BCUT2D eigenvalue weighted by atomic mass is 32.1. The molecule has 4 N–H and O–H groups in total. The van der Waals surface area contributed by atoms with Crippen molar-refractivity contribution in [1.29, 1.82) is 0 Å². The fourth-order valence-corrected chi connectivity index (χ4v) is 4.82. The number of nitrogens with zero attached hydrogens (tertiary/aromatic N) is 4. The van der Waals surface area contributed by atoms with Crippen molar-refractivity contribution in [2.45, 2.75) is 31.8 Å². The highest BCUT2D eigenvalue weighted by molar-refractivity contribution is 7.19. The van der Waals surface area contributed by atoms with Gasteiger partial charge >= 0.3 is 0 Å². The molecule has 1 aliphatic rings. The molecule has 1 saturated heterocycles. The Hall–Kier alpha value is -3.05. The normalized spacial score (nSPS) is 19.1. The zero-order chi connectivity index (χ0) is 23.0. The van der Waals surface area contributed by atoms with Gasteiger partial charge in [-0.2, -0.15) is 5.10 Å². The molecule has 1 aromatic carbocycles. The minimum absolute atomic E-state index is 0.0155. The van der Waals surface area contributed by atoms with Gasteiger partial charge in [-0.05, 0) is 38.3 Å². The van der Waals surface area contributed by atoms with Crippen LogP contribution in [0.3, 0.4) is 0 Å². The third-order valence-electron chi connectivity index (χ3n) is 5.43. The number of carbonyl (C=O) groups excluding carboxylic acids is 1. The van der Waals surface area contributed by atoms with Gasteiger partial charge in [-0.15, -0.1) is 0 Å². The molecule has 1 amide bonds. The second kappa shape index (κ2) is 8.47. The lowest BCUT2D eigenvalue weighted by Gasteiger charge is -2.30. The number of rotatable bonds is 4. The number of β-amino-alcohol motifs (C(OH)–C–C–N with tert-alkyl or cyclic N) is 1. The molecular weight excluding hydrogens is 438 g/mol. The Labute approximate surface area is 187 Å². The molecule has 4 rings (SSSR count). The number of nitrogen functional groups attached to an aromatic ring is 1. The molecule has 0 radical (unpaired) electrons. The first-order valence-electron chi connectivity index (χ1n) is 10.2. The summed E-state index contributed by atoms with van der Waals surface area (Å²) < 4.78 is 29.9. The number of hydrogen-bond donors (Lipinski definition) is 3. The number of thiazole rings is 1. The van der Waals surface area contributed by atoms with Crippen LogP contribution in [0.15, 0.2) is 24.4 Å². The molecule has 3 heterocycles. The summed E-state index contributed by atoms with van der Waals surface area (Å²) in [7, 11) is 1.75. The number of nitrogens with two attached hydrogens (primary N) is 1. The predicted molar refractivity (Wildman–Crippen MR) is 120 cm³/mol. The zero-order valence-corrected chi connectivity index (χ0v) is 18.5. The van der Waals surface area contributed by atoms with E-state index in [0.717, 1.165) is 36.3 Å². The summed E-state index contributed by atoms with van der Waals surface area (Å²) >= 11 is 0.836. The maximum absolute atomic E-state index is 14.1. The number of benzene rings is 1.